The van der Waals surface area contributed by atoms with Gasteiger partial charge in [0, 0.05) is 9.86 Å². The largest absolute Gasteiger partial charge is 0.396 e. The Labute approximate surface area is 95.2 Å². The van der Waals surface area contributed by atoms with Gasteiger partial charge in [-0.2, -0.15) is 0 Å². The number of hydrogen-bond acceptors (Lipinski definition) is 2. The first-order valence-electron chi connectivity index (χ1n) is 4.10. The molecule has 0 aliphatic heterocycles. The van der Waals surface area contributed by atoms with Crippen molar-refractivity contribution in [2.75, 3.05) is 5.73 Å². The highest BCUT2D eigenvalue weighted by Crippen LogP contribution is 2.28. The Morgan fingerprint density at radius 2 is 2.14 bits per heavy atom. The molecule has 0 amide bonds. The molecule has 0 aliphatic rings. The topological polar surface area (TPSA) is 38.9 Å². The number of nitrogen functional groups attached to an aromatic ring is 1. The molecule has 0 atom stereocenters. The van der Waals surface area contributed by atoms with E-state index in [0.29, 0.717) is 10.8 Å². The van der Waals surface area contributed by atoms with Crippen molar-refractivity contribution in [1.29, 1.82) is 0 Å². The number of fused-ring (bicyclic) bond motifs is 1. The van der Waals surface area contributed by atoms with Crippen LogP contribution in [0.3, 0.4) is 0 Å². The molecule has 0 unspecified atom stereocenters. The summed E-state index contributed by atoms with van der Waals surface area (Å²) in [6.45, 7) is 1.99. The predicted octanol–water partition coefficient (Wildman–Crippen LogP) is 3.54. The molecule has 0 bridgehead atoms. The fourth-order valence-electron chi connectivity index (χ4n) is 1.35. The van der Waals surface area contributed by atoms with Crippen LogP contribution in [-0.2, 0) is 0 Å². The van der Waals surface area contributed by atoms with Gasteiger partial charge in [0.25, 0.3) is 0 Å². The fraction of sp³-hybridized carbons (Fsp3) is 0.100. The summed E-state index contributed by atoms with van der Waals surface area (Å²) in [5, 5.41) is 1.37. The zero-order valence-corrected chi connectivity index (χ0v) is 9.85. The van der Waals surface area contributed by atoms with E-state index in [1.165, 1.54) is 0 Å². The second-order valence-electron chi connectivity index (χ2n) is 3.11. The quantitative estimate of drug-likeness (QED) is 0.744. The van der Waals surface area contributed by atoms with E-state index in [9.17, 15) is 0 Å². The van der Waals surface area contributed by atoms with Crippen LogP contribution in [0.2, 0.25) is 5.15 Å². The third kappa shape index (κ3) is 1.47. The van der Waals surface area contributed by atoms with Crippen LogP contribution in [0.25, 0.3) is 10.9 Å². The maximum atomic E-state index is 5.86. The van der Waals surface area contributed by atoms with E-state index < -0.39 is 0 Å². The van der Waals surface area contributed by atoms with E-state index in [1.807, 2.05) is 25.1 Å². The van der Waals surface area contributed by atoms with Crippen molar-refractivity contribution in [3.63, 3.8) is 0 Å². The molecule has 0 spiro atoms. The van der Waals surface area contributed by atoms with Gasteiger partial charge in [-0.1, -0.05) is 33.6 Å². The van der Waals surface area contributed by atoms with Gasteiger partial charge in [0.1, 0.15) is 0 Å². The van der Waals surface area contributed by atoms with Gasteiger partial charge in [0.15, 0.2) is 5.15 Å². The van der Waals surface area contributed by atoms with Gasteiger partial charge in [-0.3, -0.25) is 0 Å². The zero-order valence-electron chi connectivity index (χ0n) is 7.51. The lowest BCUT2D eigenvalue weighted by atomic mass is 10.1. The molecule has 0 fully saturated rings. The number of anilines is 1. The SMILES string of the molecule is Cc1c(Br)ccc2cc(N)c(Cl)nc12. The van der Waals surface area contributed by atoms with Crippen LogP contribution in [0.5, 0.6) is 0 Å². The molecular weight excluding hydrogens is 263 g/mol. The smallest absolute Gasteiger partial charge is 0.152 e. The van der Waals surface area contributed by atoms with E-state index in [0.717, 1.165) is 20.9 Å². The highest BCUT2D eigenvalue weighted by Gasteiger charge is 2.05. The van der Waals surface area contributed by atoms with Gasteiger partial charge in [-0.15, -0.1) is 0 Å². The third-order valence-corrected chi connectivity index (χ3v) is 3.32. The zero-order chi connectivity index (χ0) is 10.3. The van der Waals surface area contributed by atoms with Crippen LogP contribution >= 0.6 is 27.5 Å². The Hall–Kier alpha value is -0.800. The standard InChI is InChI=1S/C10H8BrClN2/c1-5-7(11)3-2-6-4-8(13)10(12)14-9(5)6/h2-4H,13H2,1H3. The van der Waals surface area contributed by atoms with Gasteiger partial charge in [-0.25, -0.2) is 4.98 Å². The van der Waals surface area contributed by atoms with Crippen LogP contribution in [0.15, 0.2) is 22.7 Å². The highest BCUT2D eigenvalue weighted by atomic mass is 79.9. The number of pyridine rings is 1. The van der Waals surface area contributed by atoms with Crippen molar-refractivity contribution >= 4 is 44.1 Å². The fourth-order valence-corrected chi connectivity index (χ4v) is 1.81. The summed E-state index contributed by atoms with van der Waals surface area (Å²) in [5.74, 6) is 0. The normalized spacial score (nSPS) is 10.8. The van der Waals surface area contributed by atoms with Crippen LogP contribution in [-0.4, -0.2) is 4.98 Å². The molecule has 1 aromatic heterocycles. The number of halogens is 2. The van der Waals surface area contributed by atoms with Crippen molar-refractivity contribution in [3.8, 4) is 0 Å². The summed E-state index contributed by atoms with van der Waals surface area (Å²) in [7, 11) is 0. The lowest BCUT2D eigenvalue weighted by Crippen LogP contribution is -1.92. The monoisotopic (exact) mass is 270 g/mol. The van der Waals surface area contributed by atoms with Crippen LogP contribution in [0, 0.1) is 6.92 Å². The molecule has 2 rings (SSSR count). The number of hydrogen-bond donors (Lipinski definition) is 1. The van der Waals surface area contributed by atoms with Gasteiger partial charge in [0.2, 0.25) is 0 Å². The first kappa shape index (κ1) is 9.74. The molecule has 72 valence electrons. The number of rotatable bonds is 0. The Balaban J connectivity index is 2.89. The second kappa shape index (κ2) is 3.41. The van der Waals surface area contributed by atoms with Gasteiger partial charge in [0.05, 0.1) is 11.2 Å². The first-order chi connectivity index (χ1) is 6.59. The molecule has 0 saturated heterocycles. The van der Waals surface area contributed by atoms with E-state index in [1.54, 1.807) is 0 Å². The maximum Gasteiger partial charge on any atom is 0.152 e. The minimum Gasteiger partial charge on any atom is -0.396 e. The Bertz CT molecular complexity index is 511. The summed E-state index contributed by atoms with van der Waals surface area (Å²) in [5.41, 5.74) is 8.14. The lowest BCUT2D eigenvalue weighted by molar-refractivity contribution is 1.35. The summed E-state index contributed by atoms with van der Waals surface area (Å²) < 4.78 is 1.03. The lowest BCUT2D eigenvalue weighted by Gasteiger charge is -2.05. The average Bonchev–Trinajstić information content (AvgIpc) is 2.15. The Morgan fingerprint density at radius 3 is 2.86 bits per heavy atom. The Morgan fingerprint density at radius 1 is 1.43 bits per heavy atom. The molecule has 0 aliphatic carbocycles. The van der Waals surface area contributed by atoms with E-state index in [-0.39, 0.29) is 0 Å². The van der Waals surface area contributed by atoms with Gasteiger partial charge < -0.3 is 5.73 Å². The number of nitrogens with two attached hydrogens (primary N) is 1. The molecule has 2 N–H and O–H groups in total. The molecular formula is C10H8BrClN2. The second-order valence-corrected chi connectivity index (χ2v) is 4.32. The van der Waals surface area contributed by atoms with Crippen LogP contribution < -0.4 is 5.73 Å². The molecule has 4 heteroatoms. The van der Waals surface area contributed by atoms with Crippen molar-refractivity contribution in [2.24, 2.45) is 0 Å². The van der Waals surface area contributed by atoms with Crippen LogP contribution in [0.4, 0.5) is 5.69 Å². The van der Waals surface area contributed by atoms with Crippen molar-refractivity contribution in [3.05, 3.63) is 33.4 Å². The molecule has 2 nitrogen and oxygen atoms in total. The number of aryl methyl sites for hydroxylation is 1. The first-order valence-corrected chi connectivity index (χ1v) is 5.27. The molecule has 1 heterocycles. The predicted molar refractivity (Wildman–Crippen MR) is 63.6 cm³/mol. The summed E-state index contributed by atoms with van der Waals surface area (Å²) in [6.07, 6.45) is 0. The van der Waals surface area contributed by atoms with Crippen molar-refractivity contribution < 1.29 is 0 Å². The molecule has 0 radical (unpaired) electrons. The minimum absolute atomic E-state index is 0.360. The molecule has 2 aromatic rings. The number of nitrogens with zero attached hydrogens (tertiary/aromatic N) is 1. The van der Waals surface area contributed by atoms with E-state index >= 15 is 0 Å². The Kier molecular flexibility index (Phi) is 2.37. The molecule has 14 heavy (non-hydrogen) atoms. The van der Waals surface area contributed by atoms with Gasteiger partial charge in [-0.05, 0) is 24.6 Å². The van der Waals surface area contributed by atoms with Crippen molar-refractivity contribution in [1.82, 2.24) is 4.98 Å². The summed E-state index contributed by atoms with van der Waals surface area (Å²) in [4.78, 5) is 4.25. The summed E-state index contributed by atoms with van der Waals surface area (Å²) in [6, 6.07) is 5.78. The van der Waals surface area contributed by atoms with Crippen LogP contribution in [0.1, 0.15) is 5.56 Å². The number of aromatic nitrogens is 1. The molecule has 0 saturated carbocycles. The summed E-state index contributed by atoms with van der Waals surface area (Å²) >= 11 is 9.31. The maximum absolute atomic E-state index is 5.86. The molecule has 1 aromatic carbocycles. The van der Waals surface area contributed by atoms with E-state index in [4.69, 9.17) is 17.3 Å². The third-order valence-electron chi connectivity index (χ3n) is 2.16. The highest BCUT2D eigenvalue weighted by molar-refractivity contribution is 9.10. The minimum atomic E-state index is 0.360. The average molecular weight is 272 g/mol. The number of benzene rings is 1. The van der Waals surface area contributed by atoms with Gasteiger partial charge >= 0.3 is 0 Å². The van der Waals surface area contributed by atoms with E-state index in [2.05, 4.69) is 20.9 Å². The van der Waals surface area contributed by atoms with Crippen molar-refractivity contribution in [2.45, 2.75) is 6.92 Å².